The molecular weight excluding hydrogens is 240 g/mol. The largest absolute Gasteiger partial charge is 0.493 e. The van der Waals surface area contributed by atoms with E-state index in [0.29, 0.717) is 12.6 Å². The van der Waals surface area contributed by atoms with E-state index < -0.39 is 0 Å². The van der Waals surface area contributed by atoms with Gasteiger partial charge in [-0.2, -0.15) is 0 Å². The number of ether oxygens (including phenoxy) is 1. The molecule has 2 heterocycles. The topological polar surface area (TPSA) is 47.3 Å². The van der Waals surface area contributed by atoms with Crippen LogP contribution in [0.1, 0.15) is 35.7 Å². The van der Waals surface area contributed by atoms with Crippen molar-refractivity contribution in [2.45, 2.75) is 32.4 Å². The van der Waals surface area contributed by atoms with Gasteiger partial charge in [0, 0.05) is 24.2 Å². The summed E-state index contributed by atoms with van der Waals surface area (Å²) in [7, 11) is 0. The third-order valence-electron chi connectivity index (χ3n) is 3.52. The van der Waals surface area contributed by atoms with E-state index in [1.165, 1.54) is 11.1 Å². The first kappa shape index (κ1) is 12.2. The van der Waals surface area contributed by atoms with Crippen molar-refractivity contribution in [1.82, 2.24) is 10.5 Å². The Balaban J connectivity index is 1.80. The highest BCUT2D eigenvalue weighted by atomic mass is 16.5. The van der Waals surface area contributed by atoms with Crippen LogP contribution in [0.3, 0.4) is 0 Å². The second kappa shape index (κ2) is 5.45. The lowest BCUT2D eigenvalue weighted by Gasteiger charge is -2.18. The van der Waals surface area contributed by atoms with Crippen molar-refractivity contribution >= 4 is 0 Å². The maximum atomic E-state index is 5.87. The van der Waals surface area contributed by atoms with Gasteiger partial charge >= 0.3 is 0 Å². The molecule has 0 spiro atoms. The number of hydrogen-bond acceptors (Lipinski definition) is 4. The van der Waals surface area contributed by atoms with Gasteiger partial charge in [-0.25, -0.2) is 0 Å². The molecule has 0 radical (unpaired) electrons. The summed E-state index contributed by atoms with van der Waals surface area (Å²) in [5.41, 5.74) is 3.38. The molecule has 1 N–H and O–H groups in total. The molecule has 1 unspecified atom stereocenters. The van der Waals surface area contributed by atoms with Crippen LogP contribution in [0, 0.1) is 6.92 Å². The number of aromatic nitrogens is 1. The zero-order valence-corrected chi connectivity index (χ0v) is 11.1. The van der Waals surface area contributed by atoms with Crippen LogP contribution in [0.4, 0.5) is 0 Å². The zero-order chi connectivity index (χ0) is 13.1. The van der Waals surface area contributed by atoms with Crippen molar-refractivity contribution in [2.75, 3.05) is 6.61 Å². The number of fused-ring (bicyclic) bond motifs is 1. The van der Waals surface area contributed by atoms with E-state index in [-0.39, 0.29) is 0 Å². The molecule has 0 aliphatic carbocycles. The van der Waals surface area contributed by atoms with Crippen LogP contribution in [0.5, 0.6) is 5.75 Å². The molecule has 3 rings (SSSR count). The highest BCUT2D eigenvalue weighted by Crippen LogP contribution is 2.34. The molecule has 100 valence electrons. The summed E-state index contributed by atoms with van der Waals surface area (Å²) in [5, 5.41) is 7.47. The van der Waals surface area contributed by atoms with E-state index in [2.05, 4.69) is 35.6 Å². The van der Waals surface area contributed by atoms with Gasteiger partial charge in [-0.1, -0.05) is 23.4 Å². The van der Waals surface area contributed by atoms with Crippen molar-refractivity contribution in [2.24, 2.45) is 0 Å². The lowest BCUT2D eigenvalue weighted by Crippen LogP contribution is -2.20. The zero-order valence-electron chi connectivity index (χ0n) is 11.1. The fourth-order valence-corrected chi connectivity index (χ4v) is 2.53. The summed E-state index contributed by atoms with van der Waals surface area (Å²) >= 11 is 0. The lowest BCUT2D eigenvalue weighted by molar-refractivity contribution is 0.313. The smallest absolute Gasteiger partial charge is 0.126 e. The molecule has 0 saturated carbocycles. The molecule has 4 nitrogen and oxygen atoms in total. The second-order valence-electron chi connectivity index (χ2n) is 4.91. The summed E-state index contributed by atoms with van der Waals surface area (Å²) < 4.78 is 10.7. The predicted octanol–water partition coefficient (Wildman–Crippen LogP) is 2.99. The monoisotopic (exact) mass is 258 g/mol. The number of hydrogen-bond donors (Lipinski definition) is 1. The molecule has 19 heavy (non-hydrogen) atoms. The Kier molecular flexibility index (Phi) is 3.51. The van der Waals surface area contributed by atoms with Crippen molar-refractivity contribution in [1.29, 1.82) is 0 Å². The first-order valence-electron chi connectivity index (χ1n) is 6.69. The maximum absolute atomic E-state index is 5.87. The van der Waals surface area contributed by atoms with Crippen LogP contribution in [0.25, 0.3) is 0 Å². The molecular formula is C15H18N2O2. The highest BCUT2D eigenvalue weighted by Gasteiger charge is 2.20. The third-order valence-corrected chi connectivity index (χ3v) is 3.52. The van der Waals surface area contributed by atoms with E-state index in [4.69, 9.17) is 9.26 Å². The number of benzene rings is 1. The summed E-state index contributed by atoms with van der Waals surface area (Å²) in [6, 6.07) is 8.53. The fourth-order valence-electron chi connectivity index (χ4n) is 2.53. The summed E-state index contributed by atoms with van der Waals surface area (Å²) in [6.45, 7) is 3.60. The number of nitrogens with one attached hydrogen (secondary N) is 1. The molecule has 4 heteroatoms. The molecule has 1 aromatic heterocycles. The van der Waals surface area contributed by atoms with Crippen molar-refractivity contribution < 1.29 is 9.26 Å². The number of aryl methyl sites for hydroxylation is 1. The normalized spacial score (nSPS) is 18.5. The molecule has 0 saturated heterocycles. The third kappa shape index (κ3) is 2.63. The van der Waals surface area contributed by atoms with Gasteiger partial charge in [0.05, 0.1) is 12.3 Å². The van der Waals surface area contributed by atoms with Crippen LogP contribution >= 0.6 is 0 Å². The minimum Gasteiger partial charge on any atom is -0.493 e. The van der Waals surface area contributed by atoms with Gasteiger partial charge < -0.3 is 14.6 Å². The molecule has 1 aromatic carbocycles. The Morgan fingerprint density at radius 3 is 3.16 bits per heavy atom. The molecule has 0 bridgehead atoms. The average molecular weight is 258 g/mol. The Morgan fingerprint density at radius 1 is 1.37 bits per heavy atom. The van der Waals surface area contributed by atoms with Gasteiger partial charge in [-0.15, -0.1) is 0 Å². The highest BCUT2D eigenvalue weighted by molar-refractivity contribution is 5.43. The van der Waals surface area contributed by atoms with Gasteiger partial charge in [-0.05, 0) is 25.3 Å². The lowest BCUT2D eigenvalue weighted by atomic mass is 10.00. The van der Waals surface area contributed by atoms with E-state index in [1.807, 2.05) is 6.07 Å². The van der Waals surface area contributed by atoms with Gasteiger partial charge in [0.1, 0.15) is 12.0 Å². The Morgan fingerprint density at radius 2 is 2.32 bits per heavy atom. The number of nitrogens with zero attached hydrogens (tertiary/aromatic N) is 1. The van der Waals surface area contributed by atoms with Gasteiger partial charge in [-0.3, -0.25) is 0 Å². The van der Waals surface area contributed by atoms with Gasteiger partial charge in [0.15, 0.2) is 0 Å². The van der Waals surface area contributed by atoms with Crippen molar-refractivity contribution in [3.8, 4) is 5.75 Å². The van der Waals surface area contributed by atoms with E-state index in [9.17, 15) is 0 Å². The van der Waals surface area contributed by atoms with Crippen LogP contribution in [-0.2, 0) is 6.54 Å². The Bertz CT molecular complexity index is 537. The average Bonchev–Trinajstić information content (AvgIpc) is 2.84. The first-order valence-corrected chi connectivity index (χ1v) is 6.69. The quantitative estimate of drug-likeness (QED) is 0.919. The van der Waals surface area contributed by atoms with Crippen LogP contribution in [0.15, 0.2) is 35.1 Å². The Hall–Kier alpha value is -1.81. The van der Waals surface area contributed by atoms with Crippen LogP contribution in [0.2, 0.25) is 0 Å². The van der Waals surface area contributed by atoms with Gasteiger partial charge in [0.2, 0.25) is 0 Å². The second-order valence-corrected chi connectivity index (χ2v) is 4.91. The predicted molar refractivity (Wildman–Crippen MR) is 72.0 cm³/mol. The molecule has 1 atom stereocenters. The molecule has 1 aliphatic rings. The molecule has 1 aliphatic heterocycles. The fraction of sp³-hybridized carbons (Fsp3) is 0.400. The van der Waals surface area contributed by atoms with E-state index >= 15 is 0 Å². The first-order chi connectivity index (χ1) is 9.34. The Labute approximate surface area is 112 Å². The molecule has 0 amide bonds. The SMILES string of the molecule is Cc1cccc2c1OCCCC2NCc1ccon1. The van der Waals surface area contributed by atoms with E-state index in [0.717, 1.165) is 30.9 Å². The maximum Gasteiger partial charge on any atom is 0.126 e. The van der Waals surface area contributed by atoms with Crippen molar-refractivity contribution in [3.05, 3.63) is 47.3 Å². The minimum atomic E-state index is 0.314. The van der Waals surface area contributed by atoms with Gasteiger partial charge in [0.25, 0.3) is 0 Å². The summed E-state index contributed by atoms with van der Waals surface area (Å²) in [5.74, 6) is 1.04. The summed E-state index contributed by atoms with van der Waals surface area (Å²) in [4.78, 5) is 0. The number of para-hydroxylation sites is 1. The van der Waals surface area contributed by atoms with Crippen LogP contribution in [-0.4, -0.2) is 11.8 Å². The summed E-state index contributed by atoms with van der Waals surface area (Å²) in [6.07, 6.45) is 3.74. The number of rotatable bonds is 3. The minimum absolute atomic E-state index is 0.314. The standard InChI is InChI=1S/C15H18N2O2/c1-11-4-2-5-13-14(6-3-8-18-15(11)13)16-10-12-7-9-19-17-12/h2,4-5,7,9,14,16H,3,6,8,10H2,1H3. The van der Waals surface area contributed by atoms with Crippen molar-refractivity contribution in [3.63, 3.8) is 0 Å². The van der Waals surface area contributed by atoms with E-state index in [1.54, 1.807) is 6.26 Å². The van der Waals surface area contributed by atoms with Crippen LogP contribution < -0.4 is 10.1 Å². The molecule has 0 fully saturated rings. The molecule has 2 aromatic rings.